The third-order valence-electron chi connectivity index (χ3n) is 5.33. The van der Waals surface area contributed by atoms with Crippen molar-refractivity contribution in [2.24, 2.45) is 0 Å². The fraction of sp³-hybridized carbons (Fsp3) is 0.364. The predicted molar refractivity (Wildman–Crippen MR) is 110 cm³/mol. The lowest BCUT2D eigenvalue weighted by Crippen LogP contribution is -2.48. The molecule has 1 aromatic carbocycles. The highest BCUT2D eigenvalue weighted by Crippen LogP contribution is 2.28. The average molecular weight is 394 g/mol. The van der Waals surface area contributed by atoms with E-state index in [1.807, 2.05) is 45.9 Å². The van der Waals surface area contributed by atoms with E-state index in [1.54, 1.807) is 14.2 Å². The number of rotatable bonds is 6. The number of piperazine rings is 1. The van der Waals surface area contributed by atoms with Crippen molar-refractivity contribution >= 4 is 11.4 Å². The SMILES string of the molecule is COc1ccc(CC(=O)N2CCN(Cc3cc4ccccn4n3)CC2)cc1OC. The molecule has 1 amide bonds. The number of carbonyl (C=O) groups excluding carboxylic acids is 1. The van der Waals surface area contributed by atoms with Crippen molar-refractivity contribution in [1.29, 1.82) is 0 Å². The minimum absolute atomic E-state index is 0.143. The van der Waals surface area contributed by atoms with Gasteiger partial charge in [-0.05, 0) is 35.9 Å². The molecule has 4 rings (SSSR count). The van der Waals surface area contributed by atoms with Crippen molar-refractivity contribution < 1.29 is 14.3 Å². The summed E-state index contributed by atoms with van der Waals surface area (Å²) in [5, 5.41) is 4.62. The third-order valence-corrected chi connectivity index (χ3v) is 5.33. The van der Waals surface area contributed by atoms with Crippen molar-refractivity contribution in [2.75, 3.05) is 40.4 Å². The Kier molecular flexibility index (Phi) is 5.67. The van der Waals surface area contributed by atoms with Gasteiger partial charge in [-0.1, -0.05) is 12.1 Å². The number of ether oxygens (including phenoxy) is 2. The van der Waals surface area contributed by atoms with Crippen LogP contribution in [-0.4, -0.2) is 65.7 Å². The van der Waals surface area contributed by atoms with E-state index in [9.17, 15) is 4.79 Å². The predicted octanol–water partition coefficient (Wildman–Crippen LogP) is 2.24. The summed E-state index contributed by atoms with van der Waals surface area (Å²) in [7, 11) is 3.21. The molecule has 1 aliphatic heterocycles. The zero-order valence-corrected chi connectivity index (χ0v) is 16.9. The lowest BCUT2D eigenvalue weighted by atomic mass is 10.1. The minimum atomic E-state index is 0.143. The standard InChI is InChI=1S/C22H26N4O3/c1-28-20-7-6-17(13-21(20)29-2)14-22(27)25-11-9-24(10-12-25)16-18-15-19-5-3-4-8-26(19)23-18/h3-8,13,15H,9-12,14,16H2,1-2H3. The van der Waals surface area contributed by atoms with E-state index in [0.717, 1.165) is 49.5 Å². The maximum absolute atomic E-state index is 12.7. The van der Waals surface area contributed by atoms with Crippen LogP contribution in [0.15, 0.2) is 48.7 Å². The fourth-order valence-corrected chi connectivity index (χ4v) is 3.73. The van der Waals surface area contributed by atoms with Crippen molar-refractivity contribution in [1.82, 2.24) is 19.4 Å². The van der Waals surface area contributed by atoms with Crippen LogP contribution in [0, 0.1) is 0 Å². The Morgan fingerprint density at radius 2 is 1.79 bits per heavy atom. The highest BCUT2D eigenvalue weighted by atomic mass is 16.5. The van der Waals surface area contributed by atoms with Crippen molar-refractivity contribution in [3.63, 3.8) is 0 Å². The fourth-order valence-electron chi connectivity index (χ4n) is 3.73. The lowest BCUT2D eigenvalue weighted by Gasteiger charge is -2.34. The second-order valence-electron chi connectivity index (χ2n) is 7.23. The van der Waals surface area contributed by atoms with Gasteiger partial charge in [0.15, 0.2) is 11.5 Å². The number of fused-ring (bicyclic) bond motifs is 1. The van der Waals surface area contributed by atoms with Gasteiger partial charge in [-0.3, -0.25) is 9.69 Å². The van der Waals surface area contributed by atoms with Gasteiger partial charge in [0.05, 0.1) is 31.9 Å². The second kappa shape index (κ2) is 8.53. The Morgan fingerprint density at radius 3 is 2.52 bits per heavy atom. The number of benzene rings is 1. The Labute approximate surface area is 170 Å². The molecule has 0 aliphatic carbocycles. The van der Waals surface area contributed by atoms with Crippen LogP contribution >= 0.6 is 0 Å². The molecule has 1 fully saturated rings. The molecule has 0 N–H and O–H groups in total. The van der Waals surface area contributed by atoms with E-state index in [2.05, 4.69) is 22.1 Å². The van der Waals surface area contributed by atoms with Gasteiger partial charge >= 0.3 is 0 Å². The summed E-state index contributed by atoms with van der Waals surface area (Å²) < 4.78 is 12.5. The van der Waals surface area contributed by atoms with E-state index in [4.69, 9.17) is 9.47 Å². The molecule has 0 bridgehead atoms. The van der Waals surface area contributed by atoms with Gasteiger partial charge in [0.1, 0.15) is 0 Å². The van der Waals surface area contributed by atoms with Crippen LogP contribution in [-0.2, 0) is 17.8 Å². The maximum atomic E-state index is 12.7. The van der Waals surface area contributed by atoms with E-state index in [-0.39, 0.29) is 5.91 Å². The highest BCUT2D eigenvalue weighted by Gasteiger charge is 2.22. The minimum Gasteiger partial charge on any atom is -0.493 e. The number of hydrogen-bond donors (Lipinski definition) is 0. The highest BCUT2D eigenvalue weighted by molar-refractivity contribution is 5.79. The Morgan fingerprint density at radius 1 is 1.00 bits per heavy atom. The van der Waals surface area contributed by atoms with Crippen molar-refractivity contribution in [2.45, 2.75) is 13.0 Å². The molecular formula is C22H26N4O3. The van der Waals surface area contributed by atoms with Crippen LogP contribution in [0.4, 0.5) is 0 Å². The van der Waals surface area contributed by atoms with Gasteiger partial charge in [-0.2, -0.15) is 5.10 Å². The van der Waals surface area contributed by atoms with Crippen LogP contribution in [0.3, 0.4) is 0 Å². The summed E-state index contributed by atoms with van der Waals surface area (Å²) >= 11 is 0. The molecule has 0 radical (unpaired) electrons. The summed E-state index contributed by atoms with van der Waals surface area (Å²) in [4.78, 5) is 17.0. The topological polar surface area (TPSA) is 59.3 Å². The quantitative estimate of drug-likeness (QED) is 0.642. The molecule has 3 heterocycles. The molecular weight excluding hydrogens is 368 g/mol. The normalized spacial score (nSPS) is 14.9. The number of methoxy groups -OCH3 is 2. The summed E-state index contributed by atoms with van der Waals surface area (Å²) in [6.45, 7) is 3.98. The van der Waals surface area contributed by atoms with Crippen molar-refractivity contribution in [3.05, 3.63) is 59.9 Å². The van der Waals surface area contributed by atoms with Gasteiger partial charge in [0.2, 0.25) is 5.91 Å². The molecule has 1 saturated heterocycles. The molecule has 0 saturated carbocycles. The first-order valence-corrected chi connectivity index (χ1v) is 9.80. The molecule has 0 atom stereocenters. The Bertz CT molecular complexity index is 960. The Balaban J connectivity index is 1.31. The molecule has 2 aromatic heterocycles. The zero-order chi connectivity index (χ0) is 20.2. The molecule has 29 heavy (non-hydrogen) atoms. The van der Waals surface area contributed by atoms with E-state index < -0.39 is 0 Å². The smallest absolute Gasteiger partial charge is 0.227 e. The van der Waals surface area contributed by atoms with Crippen LogP contribution < -0.4 is 9.47 Å². The van der Waals surface area contributed by atoms with Gasteiger partial charge in [-0.25, -0.2) is 4.52 Å². The number of carbonyl (C=O) groups is 1. The third kappa shape index (κ3) is 4.35. The van der Waals surface area contributed by atoms with Gasteiger partial charge in [0.25, 0.3) is 0 Å². The van der Waals surface area contributed by atoms with E-state index >= 15 is 0 Å². The molecule has 1 aliphatic rings. The van der Waals surface area contributed by atoms with Gasteiger partial charge in [0, 0.05) is 38.9 Å². The van der Waals surface area contributed by atoms with E-state index in [1.165, 1.54) is 0 Å². The molecule has 7 heteroatoms. The molecule has 7 nitrogen and oxygen atoms in total. The first-order valence-electron chi connectivity index (χ1n) is 9.80. The summed E-state index contributed by atoms with van der Waals surface area (Å²) in [5.41, 5.74) is 3.09. The van der Waals surface area contributed by atoms with Crippen LogP contribution in [0.25, 0.3) is 5.52 Å². The van der Waals surface area contributed by atoms with Crippen LogP contribution in [0.5, 0.6) is 11.5 Å². The summed E-state index contributed by atoms with van der Waals surface area (Å²) in [6.07, 6.45) is 2.33. The number of pyridine rings is 1. The average Bonchev–Trinajstić information content (AvgIpc) is 3.16. The Hall–Kier alpha value is -3.06. The molecule has 3 aromatic rings. The zero-order valence-electron chi connectivity index (χ0n) is 16.9. The lowest BCUT2D eigenvalue weighted by molar-refractivity contribution is -0.132. The van der Waals surface area contributed by atoms with Crippen molar-refractivity contribution in [3.8, 4) is 11.5 Å². The molecule has 0 unspecified atom stereocenters. The second-order valence-corrected chi connectivity index (χ2v) is 7.23. The largest absolute Gasteiger partial charge is 0.493 e. The number of amides is 1. The monoisotopic (exact) mass is 394 g/mol. The molecule has 0 spiro atoms. The summed E-state index contributed by atoms with van der Waals surface area (Å²) in [5.74, 6) is 1.46. The first-order chi connectivity index (χ1) is 14.2. The van der Waals surface area contributed by atoms with E-state index in [0.29, 0.717) is 17.9 Å². The number of nitrogens with zero attached hydrogens (tertiary/aromatic N) is 4. The maximum Gasteiger partial charge on any atom is 0.227 e. The summed E-state index contributed by atoms with van der Waals surface area (Å²) in [6, 6.07) is 13.8. The molecule has 152 valence electrons. The first kappa shape index (κ1) is 19.3. The number of aromatic nitrogens is 2. The van der Waals surface area contributed by atoms with Gasteiger partial charge in [-0.15, -0.1) is 0 Å². The van der Waals surface area contributed by atoms with Crippen LogP contribution in [0.1, 0.15) is 11.3 Å². The van der Waals surface area contributed by atoms with Gasteiger partial charge < -0.3 is 14.4 Å². The van der Waals surface area contributed by atoms with Crippen LogP contribution in [0.2, 0.25) is 0 Å². The number of hydrogen-bond acceptors (Lipinski definition) is 5.